The maximum Gasteiger partial charge on any atom is 0.338 e. The molecule has 0 fully saturated rings. The maximum atomic E-state index is 14.1. The highest BCUT2D eigenvalue weighted by Crippen LogP contribution is 2.40. The predicted molar refractivity (Wildman–Crippen MR) is 173 cm³/mol. The molecule has 4 aromatic rings. The Labute approximate surface area is 265 Å². The summed E-state index contributed by atoms with van der Waals surface area (Å²) in [7, 11) is 3.13. The van der Waals surface area contributed by atoms with Crippen molar-refractivity contribution in [2.45, 2.75) is 40.3 Å². The van der Waals surface area contributed by atoms with Crippen LogP contribution in [-0.2, 0) is 16.1 Å². The van der Waals surface area contributed by atoms with Crippen LogP contribution in [0.15, 0.2) is 81.7 Å². The number of fused-ring (bicyclic) bond motifs is 1. The number of rotatable bonds is 11. The largest absolute Gasteiger partial charge is 0.493 e. The van der Waals surface area contributed by atoms with Crippen LogP contribution >= 0.6 is 11.3 Å². The van der Waals surface area contributed by atoms with E-state index in [0.717, 1.165) is 16.7 Å². The monoisotopic (exact) mass is 628 g/mol. The van der Waals surface area contributed by atoms with Gasteiger partial charge in [0, 0.05) is 5.56 Å². The summed E-state index contributed by atoms with van der Waals surface area (Å²) < 4.78 is 30.7. The number of methoxy groups -OCH3 is 2. The Morgan fingerprint density at radius 1 is 0.933 bits per heavy atom. The molecule has 1 aromatic heterocycles. The van der Waals surface area contributed by atoms with Crippen LogP contribution in [-0.4, -0.2) is 38.0 Å². The van der Waals surface area contributed by atoms with Crippen LogP contribution in [0.4, 0.5) is 0 Å². The summed E-state index contributed by atoms with van der Waals surface area (Å²) in [4.78, 5) is 32.6. The zero-order chi connectivity index (χ0) is 32.1. The standard InChI is InChI=1S/C35H36N2O7S/c1-7-42-32-25(13-10-14-27(32)40-5)31-30(34(39)43-8-2)22(4)36-35-37(31)33(38)29(45-35)19-23-15-16-26(28(18-23)41-6)44-20-24-12-9-11-21(3)17-24/h9-19,31H,7-8,20H2,1-6H3. The predicted octanol–water partition coefficient (Wildman–Crippen LogP) is 5.10. The van der Waals surface area contributed by atoms with Gasteiger partial charge in [0.1, 0.15) is 12.6 Å². The highest BCUT2D eigenvalue weighted by Gasteiger charge is 2.36. The Morgan fingerprint density at radius 3 is 2.42 bits per heavy atom. The number of benzene rings is 3. The molecule has 0 radical (unpaired) electrons. The quantitative estimate of drug-likeness (QED) is 0.213. The summed E-state index contributed by atoms with van der Waals surface area (Å²) in [5, 5.41) is 0. The molecular weight excluding hydrogens is 592 g/mol. The minimum Gasteiger partial charge on any atom is -0.493 e. The van der Waals surface area contributed by atoms with Crippen LogP contribution < -0.4 is 33.8 Å². The fraction of sp³-hybridized carbons (Fsp3) is 0.286. The van der Waals surface area contributed by atoms with Crippen molar-refractivity contribution in [2.75, 3.05) is 27.4 Å². The zero-order valence-corrected chi connectivity index (χ0v) is 27.0. The number of hydrogen-bond acceptors (Lipinski definition) is 9. The zero-order valence-electron chi connectivity index (χ0n) is 26.2. The van der Waals surface area contributed by atoms with Crippen molar-refractivity contribution < 1.29 is 28.5 Å². The number of ether oxygens (including phenoxy) is 5. The summed E-state index contributed by atoms with van der Waals surface area (Å²) in [6, 6.07) is 18.2. The number of thiazole rings is 1. The van der Waals surface area contributed by atoms with E-state index in [1.54, 1.807) is 46.3 Å². The van der Waals surface area contributed by atoms with Gasteiger partial charge in [0.05, 0.1) is 43.2 Å². The number of nitrogens with zero attached hydrogens (tertiary/aromatic N) is 2. The third-order valence-corrected chi connectivity index (χ3v) is 8.27. The van der Waals surface area contributed by atoms with Gasteiger partial charge in [0.2, 0.25) is 0 Å². The van der Waals surface area contributed by atoms with Crippen LogP contribution in [0.3, 0.4) is 0 Å². The van der Waals surface area contributed by atoms with Gasteiger partial charge >= 0.3 is 5.97 Å². The van der Waals surface area contributed by atoms with Crippen molar-refractivity contribution >= 4 is 23.4 Å². The third kappa shape index (κ3) is 6.51. The molecule has 45 heavy (non-hydrogen) atoms. The lowest BCUT2D eigenvalue weighted by molar-refractivity contribution is -0.139. The number of carbonyl (C=O) groups excluding carboxylic acids is 1. The van der Waals surface area contributed by atoms with Crippen molar-refractivity contribution in [2.24, 2.45) is 4.99 Å². The van der Waals surface area contributed by atoms with Gasteiger partial charge in [-0.05, 0) is 63.1 Å². The second-order valence-electron chi connectivity index (χ2n) is 10.3. The van der Waals surface area contributed by atoms with Crippen LogP contribution in [0.5, 0.6) is 23.0 Å². The lowest BCUT2D eigenvalue weighted by Gasteiger charge is -2.26. The maximum absolute atomic E-state index is 14.1. The first-order valence-electron chi connectivity index (χ1n) is 14.6. The Morgan fingerprint density at radius 2 is 1.71 bits per heavy atom. The normalized spacial score (nSPS) is 14.4. The molecule has 5 rings (SSSR count). The number of hydrogen-bond donors (Lipinski definition) is 0. The number of aryl methyl sites for hydroxylation is 1. The van der Waals surface area contributed by atoms with Crippen molar-refractivity contribution in [1.82, 2.24) is 4.57 Å². The molecular formula is C35H36N2O7S. The second kappa shape index (κ2) is 13.9. The molecule has 0 bridgehead atoms. The van der Waals surface area contributed by atoms with Crippen molar-refractivity contribution in [1.29, 1.82) is 0 Å². The number of esters is 1. The van der Waals surface area contributed by atoms with E-state index in [1.165, 1.54) is 15.9 Å². The molecule has 2 heterocycles. The fourth-order valence-electron chi connectivity index (χ4n) is 5.30. The molecule has 0 saturated carbocycles. The first-order chi connectivity index (χ1) is 21.8. The van der Waals surface area contributed by atoms with Gasteiger partial charge in [-0.1, -0.05) is 59.4 Å². The van der Waals surface area contributed by atoms with E-state index >= 15 is 0 Å². The molecule has 0 aliphatic carbocycles. The molecule has 1 aliphatic heterocycles. The molecule has 0 saturated heterocycles. The van der Waals surface area contributed by atoms with E-state index in [9.17, 15) is 9.59 Å². The van der Waals surface area contributed by atoms with Gasteiger partial charge in [-0.15, -0.1) is 0 Å². The van der Waals surface area contributed by atoms with Crippen LogP contribution in [0, 0.1) is 6.92 Å². The number of allylic oxidation sites excluding steroid dienone is 1. The third-order valence-electron chi connectivity index (χ3n) is 7.29. The van der Waals surface area contributed by atoms with Gasteiger partial charge in [-0.25, -0.2) is 9.79 Å². The van der Waals surface area contributed by atoms with Gasteiger partial charge < -0.3 is 23.7 Å². The summed E-state index contributed by atoms with van der Waals surface area (Å²) in [6.07, 6.45) is 1.78. The second-order valence-corrected chi connectivity index (χ2v) is 11.3. The van der Waals surface area contributed by atoms with E-state index in [1.807, 2.05) is 56.3 Å². The number of aromatic nitrogens is 1. The highest BCUT2D eigenvalue weighted by atomic mass is 32.1. The highest BCUT2D eigenvalue weighted by molar-refractivity contribution is 7.07. The topological polar surface area (TPSA) is 97.6 Å². The Hall–Kier alpha value is -4.83. The van der Waals surface area contributed by atoms with E-state index in [0.29, 0.717) is 56.8 Å². The molecule has 1 aliphatic rings. The molecule has 0 amide bonds. The Kier molecular flexibility index (Phi) is 9.73. The van der Waals surface area contributed by atoms with Crippen molar-refractivity contribution in [3.63, 3.8) is 0 Å². The Balaban J connectivity index is 1.60. The van der Waals surface area contributed by atoms with E-state index in [4.69, 9.17) is 23.7 Å². The van der Waals surface area contributed by atoms with Gasteiger partial charge in [-0.2, -0.15) is 0 Å². The molecule has 10 heteroatoms. The summed E-state index contributed by atoms with van der Waals surface area (Å²) in [5.41, 5.74) is 3.98. The molecule has 3 aromatic carbocycles. The van der Waals surface area contributed by atoms with Crippen molar-refractivity contribution in [3.05, 3.63) is 114 Å². The van der Waals surface area contributed by atoms with E-state index in [-0.39, 0.29) is 17.7 Å². The first kappa shape index (κ1) is 31.6. The van der Waals surface area contributed by atoms with E-state index in [2.05, 4.69) is 11.1 Å². The average Bonchev–Trinajstić information content (AvgIpc) is 3.33. The van der Waals surface area contributed by atoms with Crippen molar-refractivity contribution in [3.8, 4) is 23.0 Å². The molecule has 0 spiro atoms. The van der Waals surface area contributed by atoms with Gasteiger partial charge in [-0.3, -0.25) is 9.36 Å². The summed E-state index contributed by atoms with van der Waals surface area (Å²) in [6.45, 7) is 8.32. The van der Waals surface area contributed by atoms with Crippen LogP contribution in [0.2, 0.25) is 0 Å². The fourth-order valence-corrected chi connectivity index (χ4v) is 6.35. The van der Waals surface area contributed by atoms with E-state index < -0.39 is 12.0 Å². The molecule has 234 valence electrons. The number of para-hydroxylation sites is 1. The number of carbonyl (C=O) groups is 1. The minimum absolute atomic E-state index is 0.176. The SMILES string of the molecule is CCOC(=O)C1=C(C)N=c2sc(=Cc3ccc(OCc4cccc(C)c4)c(OC)c3)c(=O)n2C1c1cccc(OC)c1OCC. The Bertz CT molecular complexity index is 1940. The van der Waals surface area contributed by atoms with Crippen LogP contribution in [0.25, 0.3) is 6.08 Å². The summed E-state index contributed by atoms with van der Waals surface area (Å²) >= 11 is 1.24. The minimum atomic E-state index is -0.842. The first-order valence-corrected chi connectivity index (χ1v) is 15.5. The summed E-state index contributed by atoms with van der Waals surface area (Å²) in [5.74, 6) is 1.53. The molecule has 9 nitrogen and oxygen atoms in total. The van der Waals surface area contributed by atoms with Crippen LogP contribution in [0.1, 0.15) is 49.1 Å². The lowest BCUT2D eigenvalue weighted by Crippen LogP contribution is -2.40. The lowest BCUT2D eigenvalue weighted by atomic mass is 9.94. The molecule has 0 N–H and O–H groups in total. The molecule has 1 unspecified atom stereocenters. The smallest absolute Gasteiger partial charge is 0.338 e. The average molecular weight is 629 g/mol. The molecule has 1 atom stereocenters. The van der Waals surface area contributed by atoms with Gasteiger partial charge in [0.25, 0.3) is 5.56 Å². The van der Waals surface area contributed by atoms with Gasteiger partial charge in [0.15, 0.2) is 27.8 Å².